The molecule has 0 amide bonds. The van der Waals surface area contributed by atoms with Crippen LogP contribution < -0.4 is 4.72 Å². The molecule has 1 aliphatic carbocycles. The summed E-state index contributed by atoms with van der Waals surface area (Å²) in [6.45, 7) is 5.41. The van der Waals surface area contributed by atoms with Crippen LogP contribution in [0.25, 0.3) is 0 Å². The number of nitrogens with one attached hydrogen (secondary N) is 1. The van der Waals surface area contributed by atoms with Crippen molar-refractivity contribution in [3.8, 4) is 0 Å². The van der Waals surface area contributed by atoms with Crippen LogP contribution in [0.5, 0.6) is 0 Å². The highest BCUT2D eigenvalue weighted by molar-refractivity contribution is 7.89. The van der Waals surface area contributed by atoms with E-state index in [1.807, 2.05) is 0 Å². The molecular formula is C14H19NO4S. The van der Waals surface area contributed by atoms with Crippen LogP contribution in [0.3, 0.4) is 0 Å². The fraction of sp³-hybridized carbons (Fsp3) is 0.500. The van der Waals surface area contributed by atoms with E-state index < -0.39 is 16.0 Å². The molecule has 1 aliphatic rings. The number of benzene rings is 1. The van der Waals surface area contributed by atoms with Crippen LogP contribution in [0, 0.1) is 19.8 Å². The lowest BCUT2D eigenvalue weighted by atomic mass is 9.83. The molecule has 1 aromatic carbocycles. The number of carbonyl (C=O) groups is 1. The van der Waals surface area contributed by atoms with Crippen LogP contribution in [0.2, 0.25) is 0 Å². The van der Waals surface area contributed by atoms with Crippen molar-refractivity contribution < 1.29 is 18.3 Å². The van der Waals surface area contributed by atoms with Crippen molar-refractivity contribution in [2.24, 2.45) is 5.92 Å². The second-order valence-electron chi connectivity index (χ2n) is 5.63. The molecule has 2 N–H and O–H groups in total. The van der Waals surface area contributed by atoms with Gasteiger partial charge in [-0.2, -0.15) is 0 Å². The fourth-order valence-electron chi connectivity index (χ4n) is 2.63. The van der Waals surface area contributed by atoms with Crippen molar-refractivity contribution in [1.82, 2.24) is 4.72 Å². The Hall–Kier alpha value is -1.40. The number of hydrogen-bond acceptors (Lipinski definition) is 3. The van der Waals surface area contributed by atoms with E-state index in [2.05, 4.69) is 11.6 Å². The SMILES string of the molecule is Cc1cc(C)c(S(=O)(=O)NC2CC(C)C2)cc1C(=O)O. The van der Waals surface area contributed by atoms with Gasteiger partial charge in [-0.3, -0.25) is 0 Å². The minimum Gasteiger partial charge on any atom is -0.478 e. The molecule has 0 unspecified atom stereocenters. The van der Waals surface area contributed by atoms with Crippen molar-refractivity contribution >= 4 is 16.0 Å². The Labute approximate surface area is 119 Å². The normalized spacial score (nSPS) is 22.4. The number of aryl methyl sites for hydroxylation is 2. The predicted octanol–water partition coefficient (Wildman–Crippen LogP) is 2.08. The smallest absolute Gasteiger partial charge is 0.335 e. The lowest BCUT2D eigenvalue weighted by Crippen LogP contribution is -2.43. The highest BCUT2D eigenvalue weighted by Crippen LogP contribution is 2.29. The zero-order valence-corrected chi connectivity index (χ0v) is 12.6. The van der Waals surface area contributed by atoms with Crippen molar-refractivity contribution in [2.75, 3.05) is 0 Å². The van der Waals surface area contributed by atoms with E-state index in [0.29, 0.717) is 17.0 Å². The maximum Gasteiger partial charge on any atom is 0.335 e. The summed E-state index contributed by atoms with van der Waals surface area (Å²) in [5, 5.41) is 9.11. The van der Waals surface area contributed by atoms with Gasteiger partial charge in [0.1, 0.15) is 0 Å². The summed E-state index contributed by atoms with van der Waals surface area (Å²) in [6, 6.07) is 2.81. The number of rotatable bonds is 4. The minimum absolute atomic E-state index is 0.0259. The van der Waals surface area contributed by atoms with Gasteiger partial charge in [0.2, 0.25) is 10.0 Å². The fourth-order valence-corrected chi connectivity index (χ4v) is 4.15. The third-order valence-electron chi connectivity index (χ3n) is 3.74. The molecule has 0 bridgehead atoms. The van der Waals surface area contributed by atoms with Crippen molar-refractivity contribution in [3.63, 3.8) is 0 Å². The maximum atomic E-state index is 12.3. The Kier molecular flexibility index (Phi) is 3.88. The Morgan fingerprint density at radius 1 is 1.25 bits per heavy atom. The third kappa shape index (κ3) is 2.86. The van der Waals surface area contributed by atoms with Gasteiger partial charge in [-0.1, -0.05) is 13.0 Å². The molecule has 2 rings (SSSR count). The molecule has 0 radical (unpaired) electrons. The molecule has 0 aromatic heterocycles. The zero-order valence-electron chi connectivity index (χ0n) is 11.8. The summed E-state index contributed by atoms with van der Waals surface area (Å²) in [6.07, 6.45) is 1.66. The van der Waals surface area contributed by atoms with Gasteiger partial charge in [-0.25, -0.2) is 17.9 Å². The number of carboxylic acids is 1. The highest BCUT2D eigenvalue weighted by Gasteiger charge is 2.31. The summed E-state index contributed by atoms with van der Waals surface area (Å²) in [5.74, 6) is -0.576. The molecule has 0 aliphatic heterocycles. The Morgan fingerprint density at radius 3 is 2.35 bits per heavy atom. The van der Waals surface area contributed by atoms with Crippen molar-refractivity contribution in [2.45, 2.75) is 44.6 Å². The van der Waals surface area contributed by atoms with Gasteiger partial charge in [-0.05, 0) is 49.8 Å². The highest BCUT2D eigenvalue weighted by atomic mass is 32.2. The first-order chi connectivity index (χ1) is 9.20. The Balaban J connectivity index is 2.35. The first-order valence-corrected chi connectivity index (χ1v) is 8.06. The second-order valence-corrected chi connectivity index (χ2v) is 7.31. The first kappa shape index (κ1) is 15.0. The van der Waals surface area contributed by atoms with Gasteiger partial charge in [0.15, 0.2) is 0 Å². The average molecular weight is 297 g/mol. The van der Waals surface area contributed by atoms with Crippen LogP contribution in [0.15, 0.2) is 17.0 Å². The molecule has 1 fully saturated rings. The van der Waals surface area contributed by atoms with E-state index in [9.17, 15) is 13.2 Å². The molecule has 6 heteroatoms. The number of aromatic carboxylic acids is 1. The second kappa shape index (κ2) is 5.18. The van der Waals surface area contributed by atoms with E-state index >= 15 is 0 Å². The van der Waals surface area contributed by atoms with Gasteiger partial charge in [0.05, 0.1) is 10.5 Å². The number of hydrogen-bond donors (Lipinski definition) is 2. The summed E-state index contributed by atoms with van der Waals surface area (Å²) in [5.41, 5.74) is 1.15. The van der Waals surface area contributed by atoms with Gasteiger partial charge in [-0.15, -0.1) is 0 Å². The molecule has 5 nitrogen and oxygen atoms in total. The van der Waals surface area contributed by atoms with E-state index in [1.54, 1.807) is 19.9 Å². The van der Waals surface area contributed by atoms with E-state index in [4.69, 9.17) is 5.11 Å². The van der Waals surface area contributed by atoms with Gasteiger partial charge in [0, 0.05) is 6.04 Å². The van der Waals surface area contributed by atoms with Gasteiger partial charge in [0.25, 0.3) is 0 Å². The molecular weight excluding hydrogens is 278 g/mol. The molecule has 0 saturated heterocycles. The summed E-state index contributed by atoms with van der Waals surface area (Å²) in [4.78, 5) is 11.2. The van der Waals surface area contributed by atoms with Crippen LogP contribution in [0.1, 0.15) is 41.3 Å². The molecule has 110 valence electrons. The van der Waals surface area contributed by atoms with E-state index in [-0.39, 0.29) is 16.5 Å². The van der Waals surface area contributed by atoms with Gasteiger partial charge >= 0.3 is 5.97 Å². The molecule has 1 saturated carbocycles. The van der Waals surface area contributed by atoms with Crippen LogP contribution >= 0.6 is 0 Å². The summed E-state index contributed by atoms with van der Waals surface area (Å²) < 4.78 is 27.3. The number of carboxylic acid groups (broad SMARTS) is 1. The monoisotopic (exact) mass is 297 g/mol. The van der Waals surface area contributed by atoms with E-state index in [1.165, 1.54) is 6.07 Å². The quantitative estimate of drug-likeness (QED) is 0.891. The minimum atomic E-state index is -3.66. The number of sulfonamides is 1. The van der Waals surface area contributed by atoms with Crippen LogP contribution in [-0.4, -0.2) is 25.5 Å². The lowest BCUT2D eigenvalue weighted by molar-refractivity contribution is 0.0696. The summed E-state index contributed by atoms with van der Waals surface area (Å²) >= 11 is 0. The van der Waals surface area contributed by atoms with Crippen molar-refractivity contribution in [3.05, 3.63) is 28.8 Å². The molecule has 0 heterocycles. The molecule has 0 spiro atoms. The molecule has 0 atom stereocenters. The third-order valence-corrected chi connectivity index (χ3v) is 5.40. The largest absolute Gasteiger partial charge is 0.478 e. The van der Waals surface area contributed by atoms with Crippen LogP contribution in [-0.2, 0) is 10.0 Å². The first-order valence-electron chi connectivity index (χ1n) is 6.57. The Morgan fingerprint density at radius 2 is 1.85 bits per heavy atom. The Bertz CT molecular complexity index is 645. The van der Waals surface area contributed by atoms with Crippen molar-refractivity contribution in [1.29, 1.82) is 0 Å². The van der Waals surface area contributed by atoms with E-state index in [0.717, 1.165) is 12.8 Å². The topological polar surface area (TPSA) is 83.5 Å². The maximum absolute atomic E-state index is 12.3. The zero-order chi connectivity index (χ0) is 15.1. The predicted molar refractivity (Wildman–Crippen MR) is 75.4 cm³/mol. The standard InChI is InChI=1S/C14H19NO4S/c1-8-4-11(5-8)15-20(18,19)13-7-12(14(16)17)9(2)6-10(13)3/h6-8,11,15H,4-5H2,1-3H3,(H,16,17). The molecule has 1 aromatic rings. The van der Waals surface area contributed by atoms with Crippen LogP contribution in [0.4, 0.5) is 0 Å². The molecule has 20 heavy (non-hydrogen) atoms. The van der Waals surface area contributed by atoms with Gasteiger partial charge < -0.3 is 5.11 Å². The lowest BCUT2D eigenvalue weighted by Gasteiger charge is -2.33. The average Bonchev–Trinajstić information content (AvgIpc) is 2.25. The summed E-state index contributed by atoms with van der Waals surface area (Å²) in [7, 11) is -3.66.